The Morgan fingerprint density at radius 1 is 1.19 bits per heavy atom. The molecule has 1 aromatic heterocycles. The lowest BCUT2D eigenvalue weighted by Crippen LogP contribution is -2.52. The Hall–Kier alpha value is -3.60. The van der Waals surface area contributed by atoms with E-state index in [9.17, 15) is 24.3 Å². The van der Waals surface area contributed by atoms with E-state index in [1.165, 1.54) is 9.58 Å². The highest BCUT2D eigenvalue weighted by Crippen LogP contribution is 2.47. The number of amides is 4. The second-order valence-electron chi connectivity index (χ2n) is 10.5. The number of hydrogen-bond acceptors (Lipinski definition) is 7. The van der Waals surface area contributed by atoms with Crippen molar-refractivity contribution in [3.8, 4) is 5.69 Å². The second-order valence-corrected chi connectivity index (χ2v) is 10.5. The molecule has 0 radical (unpaired) electrons. The molecule has 1 spiro atoms. The molecule has 2 aromatic rings. The van der Waals surface area contributed by atoms with Gasteiger partial charge in [-0.1, -0.05) is 18.1 Å². The van der Waals surface area contributed by atoms with Crippen LogP contribution in [0.25, 0.3) is 5.69 Å². The lowest BCUT2D eigenvalue weighted by Gasteiger charge is -2.29. The summed E-state index contributed by atoms with van der Waals surface area (Å²) in [7, 11) is 0. The van der Waals surface area contributed by atoms with Gasteiger partial charge in [0.2, 0.25) is 11.8 Å². The third-order valence-corrected chi connectivity index (χ3v) is 8.24. The van der Waals surface area contributed by atoms with Crippen LogP contribution in [-0.2, 0) is 16.1 Å². The molecule has 11 heteroatoms. The molecule has 4 aliphatic rings. The van der Waals surface area contributed by atoms with Crippen molar-refractivity contribution < 1.29 is 24.3 Å². The quantitative estimate of drug-likeness (QED) is 0.602. The predicted molar refractivity (Wildman–Crippen MR) is 125 cm³/mol. The minimum atomic E-state index is -0.676. The van der Waals surface area contributed by atoms with Gasteiger partial charge in [0.1, 0.15) is 6.04 Å². The van der Waals surface area contributed by atoms with Crippen molar-refractivity contribution in [2.24, 2.45) is 5.41 Å². The van der Waals surface area contributed by atoms with E-state index >= 15 is 0 Å². The van der Waals surface area contributed by atoms with Gasteiger partial charge in [0.05, 0.1) is 24.5 Å². The summed E-state index contributed by atoms with van der Waals surface area (Å²) in [5.74, 6) is -1.25. The van der Waals surface area contributed by atoms with Gasteiger partial charge < -0.3 is 14.9 Å². The summed E-state index contributed by atoms with van der Waals surface area (Å²) in [6.45, 7) is 0.827. The number of rotatable bonds is 4. The zero-order valence-corrected chi connectivity index (χ0v) is 19.9. The van der Waals surface area contributed by atoms with Crippen LogP contribution in [0.5, 0.6) is 0 Å². The molecule has 11 nitrogen and oxygen atoms in total. The number of hydrogen-bond donors (Lipinski definition) is 2. The second kappa shape index (κ2) is 8.51. The van der Waals surface area contributed by atoms with E-state index < -0.39 is 11.9 Å². The number of aromatic nitrogens is 3. The van der Waals surface area contributed by atoms with E-state index in [0.717, 1.165) is 37.7 Å². The number of piperidine rings is 1. The highest BCUT2D eigenvalue weighted by atomic mass is 16.3. The Morgan fingerprint density at radius 3 is 2.75 bits per heavy atom. The molecule has 1 aromatic carbocycles. The van der Waals surface area contributed by atoms with Crippen LogP contribution in [0.1, 0.15) is 71.4 Å². The van der Waals surface area contributed by atoms with Crippen LogP contribution < -0.4 is 5.32 Å². The first-order valence-corrected chi connectivity index (χ1v) is 12.5. The SMILES string of the molecule is O=C1CCC(N2Cc3cc(-n4cc(C(=O)N5CC6(CCCC6)CC5CO)nn4)ccc3C2=O)C(=O)N1. The summed E-state index contributed by atoms with van der Waals surface area (Å²) < 4.78 is 1.50. The Bertz CT molecular complexity index is 1270. The summed E-state index contributed by atoms with van der Waals surface area (Å²) in [6, 6.07) is 4.35. The van der Waals surface area contributed by atoms with Gasteiger partial charge in [-0.3, -0.25) is 24.5 Å². The standard InChI is InChI=1S/C25H28N6O5/c32-13-17-10-25(7-1-2-8-25)14-30(17)24(36)19-12-31(28-27-19)16-3-4-18-15(9-16)11-29(23(18)35)20-5-6-21(33)26-22(20)34/h3-4,9,12,17,20,32H,1-2,5-8,10-11,13-14H2,(H,26,33,34). The number of carbonyl (C=O) groups excluding carboxylic acids is 4. The Kier molecular flexibility index (Phi) is 5.40. The van der Waals surface area contributed by atoms with Gasteiger partial charge in [-0.15, -0.1) is 5.10 Å². The molecule has 188 valence electrons. The number of aliphatic hydroxyl groups is 1. The maximum atomic E-state index is 13.3. The molecule has 3 fully saturated rings. The van der Waals surface area contributed by atoms with Crippen LogP contribution in [0, 0.1) is 5.41 Å². The first kappa shape index (κ1) is 22.8. The molecule has 2 N–H and O–H groups in total. The van der Waals surface area contributed by atoms with Crippen molar-refractivity contribution in [1.29, 1.82) is 0 Å². The van der Waals surface area contributed by atoms with E-state index in [1.807, 2.05) is 6.07 Å². The summed E-state index contributed by atoms with van der Waals surface area (Å²) in [5, 5.41) is 20.5. The summed E-state index contributed by atoms with van der Waals surface area (Å²) in [6.07, 6.45) is 7.41. The van der Waals surface area contributed by atoms with E-state index in [-0.39, 0.29) is 54.4 Å². The predicted octanol–water partition coefficient (Wildman–Crippen LogP) is 0.796. The fourth-order valence-corrected chi connectivity index (χ4v) is 6.39. The molecular weight excluding hydrogens is 464 g/mol. The smallest absolute Gasteiger partial charge is 0.276 e. The van der Waals surface area contributed by atoms with Gasteiger partial charge >= 0.3 is 0 Å². The lowest BCUT2D eigenvalue weighted by molar-refractivity contribution is -0.136. The zero-order valence-electron chi connectivity index (χ0n) is 19.9. The molecule has 36 heavy (non-hydrogen) atoms. The van der Waals surface area contributed by atoms with Gasteiger partial charge in [-0.2, -0.15) is 0 Å². The molecule has 3 aliphatic heterocycles. The molecule has 4 amide bonds. The largest absolute Gasteiger partial charge is 0.394 e. The first-order chi connectivity index (χ1) is 17.4. The Labute approximate surface area is 207 Å². The van der Waals surface area contributed by atoms with Crippen LogP contribution in [-0.4, -0.2) is 78.8 Å². The van der Waals surface area contributed by atoms with Gasteiger partial charge in [-0.05, 0) is 54.9 Å². The Balaban J connectivity index is 1.20. The molecule has 1 aliphatic carbocycles. The third-order valence-electron chi connectivity index (χ3n) is 8.24. The Morgan fingerprint density at radius 2 is 2.00 bits per heavy atom. The summed E-state index contributed by atoms with van der Waals surface area (Å²) >= 11 is 0. The average molecular weight is 493 g/mol. The molecule has 4 heterocycles. The van der Waals surface area contributed by atoms with Crippen molar-refractivity contribution in [1.82, 2.24) is 30.1 Å². The van der Waals surface area contributed by atoms with E-state index in [4.69, 9.17) is 0 Å². The van der Waals surface area contributed by atoms with Crippen LogP contribution in [0.15, 0.2) is 24.4 Å². The van der Waals surface area contributed by atoms with Crippen LogP contribution in [0.3, 0.4) is 0 Å². The number of nitrogens with zero attached hydrogens (tertiary/aromatic N) is 5. The number of likely N-dealkylation sites (tertiary alicyclic amines) is 1. The molecule has 1 saturated carbocycles. The third kappa shape index (κ3) is 3.69. The molecular formula is C25H28N6O5. The summed E-state index contributed by atoms with van der Waals surface area (Å²) in [5.41, 5.74) is 2.22. The van der Waals surface area contributed by atoms with Crippen molar-refractivity contribution in [2.45, 2.75) is 63.6 Å². The molecule has 2 unspecified atom stereocenters. The minimum absolute atomic E-state index is 0.0653. The topological polar surface area (TPSA) is 138 Å². The molecule has 0 bridgehead atoms. The van der Waals surface area contributed by atoms with Crippen molar-refractivity contribution in [2.75, 3.05) is 13.2 Å². The minimum Gasteiger partial charge on any atom is -0.394 e. The highest BCUT2D eigenvalue weighted by Gasteiger charge is 2.47. The van der Waals surface area contributed by atoms with E-state index in [0.29, 0.717) is 24.2 Å². The fraction of sp³-hybridized carbons (Fsp3) is 0.520. The maximum absolute atomic E-state index is 13.3. The van der Waals surface area contributed by atoms with Crippen molar-refractivity contribution in [3.05, 3.63) is 41.2 Å². The van der Waals surface area contributed by atoms with Crippen molar-refractivity contribution in [3.63, 3.8) is 0 Å². The zero-order chi connectivity index (χ0) is 25.0. The molecule has 2 saturated heterocycles. The van der Waals surface area contributed by atoms with Crippen LogP contribution >= 0.6 is 0 Å². The lowest BCUT2D eigenvalue weighted by atomic mass is 9.84. The number of carbonyl (C=O) groups is 4. The molecule has 2 atom stereocenters. The number of benzene rings is 1. The van der Waals surface area contributed by atoms with Gasteiger partial charge in [0, 0.05) is 25.1 Å². The normalized spacial score (nSPS) is 25.1. The maximum Gasteiger partial charge on any atom is 0.276 e. The van der Waals surface area contributed by atoms with E-state index in [2.05, 4.69) is 15.6 Å². The number of nitrogens with one attached hydrogen (secondary N) is 1. The van der Waals surface area contributed by atoms with Gasteiger partial charge in [0.25, 0.3) is 11.8 Å². The van der Waals surface area contributed by atoms with Crippen LogP contribution in [0.4, 0.5) is 0 Å². The highest BCUT2D eigenvalue weighted by molar-refractivity contribution is 6.05. The van der Waals surface area contributed by atoms with Gasteiger partial charge in [0.15, 0.2) is 5.69 Å². The van der Waals surface area contributed by atoms with E-state index in [1.54, 1.807) is 23.2 Å². The summed E-state index contributed by atoms with van der Waals surface area (Å²) in [4.78, 5) is 53.2. The first-order valence-electron chi connectivity index (χ1n) is 12.5. The van der Waals surface area contributed by atoms with Crippen molar-refractivity contribution >= 4 is 23.6 Å². The average Bonchev–Trinajstić information content (AvgIpc) is 3.66. The molecule has 6 rings (SSSR count). The number of fused-ring (bicyclic) bond motifs is 1. The number of aliphatic hydroxyl groups excluding tert-OH is 1. The fourth-order valence-electron chi connectivity index (χ4n) is 6.39. The van der Waals surface area contributed by atoms with Crippen LogP contribution in [0.2, 0.25) is 0 Å². The van der Waals surface area contributed by atoms with Gasteiger partial charge in [-0.25, -0.2) is 4.68 Å². The number of imide groups is 1. The monoisotopic (exact) mass is 492 g/mol.